The Morgan fingerprint density at radius 1 is 1.19 bits per heavy atom. The topological polar surface area (TPSA) is 105 Å². The number of imide groups is 1. The number of H-pyrrole nitrogens is 1. The molecule has 2 aromatic heterocycles. The number of nitrogens with zero attached hydrogens (tertiary/aromatic N) is 3. The number of amides is 2. The Morgan fingerprint density at radius 3 is 2.62 bits per heavy atom. The number of pyridine rings is 1. The number of aromatic nitrogens is 3. The summed E-state index contributed by atoms with van der Waals surface area (Å²) in [5.74, 6) is -1.35. The van der Waals surface area contributed by atoms with E-state index >= 15 is 0 Å². The average Bonchev–Trinajstić information content (AvgIpc) is 3.13. The molecule has 1 N–H and O–H groups in total. The molecule has 0 aliphatic carbocycles. The molecule has 3 aromatic rings. The molecular weight excluding hydrogens is 336 g/mol. The van der Waals surface area contributed by atoms with Crippen LogP contribution in [0.25, 0.3) is 11.0 Å². The third-order valence-corrected chi connectivity index (χ3v) is 4.25. The molecular formula is C18H14N4O4. The molecule has 0 radical (unpaired) electrons. The highest BCUT2D eigenvalue weighted by atomic mass is 16.5. The Balaban J connectivity index is 1.76. The van der Waals surface area contributed by atoms with Crippen molar-refractivity contribution >= 4 is 34.5 Å². The summed E-state index contributed by atoms with van der Waals surface area (Å²) in [7, 11) is 0. The largest absolute Gasteiger partial charge is 0.462 e. The number of hydrogen-bond acceptors (Lipinski definition) is 6. The van der Waals surface area contributed by atoms with Crippen LogP contribution in [0.1, 0.15) is 43.7 Å². The van der Waals surface area contributed by atoms with E-state index in [4.69, 9.17) is 4.74 Å². The highest BCUT2D eigenvalue weighted by Crippen LogP contribution is 2.33. The predicted octanol–water partition coefficient (Wildman–Crippen LogP) is 2.24. The van der Waals surface area contributed by atoms with E-state index in [2.05, 4.69) is 15.2 Å². The van der Waals surface area contributed by atoms with Gasteiger partial charge in [0.1, 0.15) is 0 Å². The highest BCUT2D eigenvalue weighted by Gasteiger charge is 2.39. The van der Waals surface area contributed by atoms with Crippen molar-refractivity contribution in [1.82, 2.24) is 15.2 Å². The zero-order valence-corrected chi connectivity index (χ0v) is 14.1. The highest BCUT2D eigenvalue weighted by molar-refractivity contribution is 6.37. The number of fused-ring (bicyclic) bond motifs is 3. The van der Waals surface area contributed by atoms with Crippen molar-refractivity contribution in [1.29, 1.82) is 0 Å². The first-order chi connectivity index (χ1) is 12.5. The van der Waals surface area contributed by atoms with E-state index in [0.29, 0.717) is 33.5 Å². The third-order valence-electron chi connectivity index (χ3n) is 4.25. The molecule has 1 aliphatic rings. The summed E-state index contributed by atoms with van der Waals surface area (Å²) in [5, 5.41) is 7.36. The summed E-state index contributed by atoms with van der Waals surface area (Å²) in [6, 6.07) is 6.13. The van der Waals surface area contributed by atoms with Gasteiger partial charge in [-0.25, -0.2) is 14.7 Å². The van der Waals surface area contributed by atoms with Crippen LogP contribution < -0.4 is 4.90 Å². The van der Waals surface area contributed by atoms with Gasteiger partial charge in [-0.05, 0) is 38.1 Å². The second kappa shape index (κ2) is 5.76. The number of hydrogen-bond donors (Lipinski definition) is 1. The number of carbonyl (C=O) groups is 3. The predicted molar refractivity (Wildman–Crippen MR) is 92.2 cm³/mol. The Labute approximate surface area is 147 Å². The minimum Gasteiger partial charge on any atom is -0.462 e. The van der Waals surface area contributed by atoms with Gasteiger partial charge in [-0.1, -0.05) is 0 Å². The van der Waals surface area contributed by atoms with Gasteiger partial charge in [0, 0.05) is 11.9 Å². The van der Waals surface area contributed by atoms with Gasteiger partial charge in [-0.3, -0.25) is 14.7 Å². The summed E-state index contributed by atoms with van der Waals surface area (Å²) < 4.78 is 4.93. The summed E-state index contributed by atoms with van der Waals surface area (Å²) in [5.41, 5.74) is 2.31. The summed E-state index contributed by atoms with van der Waals surface area (Å²) >= 11 is 0. The fraction of sp³-hybridized carbons (Fsp3) is 0.167. The first-order valence-corrected chi connectivity index (χ1v) is 8.02. The number of benzene rings is 1. The molecule has 26 heavy (non-hydrogen) atoms. The van der Waals surface area contributed by atoms with Crippen LogP contribution >= 0.6 is 0 Å². The summed E-state index contributed by atoms with van der Waals surface area (Å²) in [4.78, 5) is 42.7. The SMILES string of the molecule is CCOC(=O)c1ccc(N2C(=O)c3cnc4n[nH]c(C)c4c3C2=O)cc1. The molecule has 0 saturated heterocycles. The summed E-state index contributed by atoms with van der Waals surface area (Å²) in [6.07, 6.45) is 1.37. The quantitative estimate of drug-likeness (QED) is 0.574. The Morgan fingerprint density at radius 2 is 1.92 bits per heavy atom. The minimum atomic E-state index is -0.457. The van der Waals surface area contributed by atoms with Crippen LogP contribution in [-0.2, 0) is 4.74 Å². The van der Waals surface area contributed by atoms with Crippen LogP contribution in [0.3, 0.4) is 0 Å². The lowest BCUT2D eigenvalue weighted by Gasteiger charge is -2.14. The van der Waals surface area contributed by atoms with Gasteiger partial charge < -0.3 is 4.74 Å². The molecule has 0 saturated carbocycles. The van der Waals surface area contributed by atoms with Crippen molar-refractivity contribution in [3.63, 3.8) is 0 Å². The van der Waals surface area contributed by atoms with Gasteiger partial charge in [0.05, 0.1) is 34.4 Å². The van der Waals surface area contributed by atoms with Crippen molar-refractivity contribution in [3.05, 3.63) is 52.8 Å². The maximum absolute atomic E-state index is 12.9. The second-order valence-electron chi connectivity index (χ2n) is 5.81. The number of anilines is 1. The van der Waals surface area contributed by atoms with Gasteiger partial charge in [-0.2, -0.15) is 5.10 Å². The van der Waals surface area contributed by atoms with Crippen LogP contribution in [0.5, 0.6) is 0 Å². The maximum atomic E-state index is 12.9. The molecule has 8 heteroatoms. The monoisotopic (exact) mass is 350 g/mol. The smallest absolute Gasteiger partial charge is 0.338 e. The standard InChI is InChI=1S/C18H14N4O4/c1-3-26-18(25)10-4-6-11(7-5-10)22-16(23)12-8-19-15-13(9(2)20-21-15)14(12)17(22)24/h4-8H,3H2,1-2H3,(H,19,20,21). The number of nitrogens with one attached hydrogen (secondary N) is 1. The van der Waals surface area contributed by atoms with Crippen molar-refractivity contribution in [3.8, 4) is 0 Å². The Hall–Kier alpha value is -3.55. The molecule has 2 amide bonds. The van der Waals surface area contributed by atoms with Crippen LogP contribution in [0, 0.1) is 6.92 Å². The molecule has 3 heterocycles. The van der Waals surface area contributed by atoms with E-state index < -0.39 is 17.8 Å². The molecule has 4 rings (SSSR count). The van der Waals surface area contributed by atoms with Crippen molar-refractivity contribution in [2.75, 3.05) is 11.5 Å². The van der Waals surface area contributed by atoms with E-state index in [9.17, 15) is 14.4 Å². The molecule has 1 aromatic carbocycles. The average molecular weight is 350 g/mol. The van der Waals surface area contributed by atoms with Crippen LogP contribution in [0.2, 0.25) is 0 Å². The van der Waals surface area contributed by atoms with Crippen molar-refractivity contribution < 1.29 is 19.1 Å². The van der Waals surface area contributed by atoms with E-state index in [0.717, 1.165) is 4.90 Å². The summed E-state index contributed by atoms with van der Waals surface area (Å²) in [6.45, 7) is 3.76. The lowest BCUT2D eigenvalue weighted by atomic mass is 10.1. The van der Waals surface area contributed by atoms with Crippen LogP contribution in [0.15, 0.2) is 30.5 Å². The van der Waals surface area contributed by atoms with Gasteiger partial charge in [0.15, 0.2) is 5.65 Å². The number of aromatic amines is 1. The first kappa shape index (κ1) is 15.9. The maximum Gasteiger partial charge on any atom is 0.338 e. The molecule has 1 aliphatic heterocycles. The Kier molecular flexibility index (Phi) is 3.54. The number of aryl methyl sites for hydroxylation is 1. The van der Waals surface area contributed by atoms with Gasteiger partial charge in [0.25, 0.3) is 11.8 Å². The molecule has 0 unspecified atom stereocenters. The van der Waals surface area contributed by atoms with Crippen LogP contribution in [0.4, 0.5) is 5.69 Å². The van der Waals surface area contributed by atoms with E-state index in [1.165, 1.54) is 18.3 Å². The molecule has 0 bridgehead atoms. The molecule has 8 nitrogen and oxygen atoms in total. The van der Waals surface area contributed by atoms with E-state index in [1.807, 2.05) is 0 Å². The lowest BCUT2D eigenvalue weighted by Crippen LogP contribution is -2.29. The number of rotatable bonds is 3. The van der Waals surface area contributed by atoms with Gasteiger partial charge in [0.2, 0.25) is 0 Å². The molecule has 130 valence electrons. The number of ether oxygens (including phenoxy) is 1. The van der Waals surface area contributed by atoms with E-state index in [-0.39, 0.29) is 12.2 Å². The Bertz CT molecular complexity index is 1070. The second-order valence-corrected chi connectivity index (χ2v) is 5.81. The number of carbonyl (C=O) groups excluding carboxylic acids is 3. The fourth-order valence-electron chi connectivity index (χ4n) is 3.04. The third kappa shape index (κ3) is 2.19. The van der Waals surface area contributed by atoms with Crippen molar-refractivity contribution in [2.45, 2.75) is 13.8 Å². The normalized spacial score (nSPS) is 13.4. The molecule has 0 spiro atoms. The zero-order chi connectivity index (χ0) is 18.4. The van der Waals surface area contributed by atoms with E-state index in [1.54, 1.807) is 26.0 Å². The van der Waals surface area contributed by atoms with Gasteiger partial charge in [-0.15, -0.1) is 0 Å². The van der Waals surface area contributed by atoms with Gasteiger partial charge >= 0.3 is 5.97 Å². The molecule has 0 atom stereocenters. The van der Waals surface area contributed by atoms with Crippen molar-refractivity contribution in [2.24, 2.45) is 0 Å². The number of esters is 1. The first-order valence-electron chi connectivity index (χ1n) is 8.02. The van der Waals surface area contributed by atoms with Crippen LogP contribution in [-0.4, -0.2) is 39.6 Å². The minimum absolute atomic E-state index is 0.237. The zero-order valence-electron chi connectivity index (χ0n) is 14.1. The molecule has 0 fully saturated rings. The lowest BCUT2D eigenvalue weighted by molar-refractivity contribution is 0.0526. The fourth-order valence-corrected chi connectivity index (χ4v) is 3.04.